The van der Waals surface area contributed by atoms with Gasteiger partial charge in [-0.05, 0) is 17.0 Å². The summed E-state index contributed by atoms with van der Waals surface area (Å²) >= 11 is 0. The predicted molar refractivity (Wildman–Crippen MR) is 109 cm³/mol. The lowest BCUT2D eigenvalue weighted by molar-refractivity contribution is 0.582. The standard InChI is InChI=1S/C22H24NOP/c1-22(2,3)19-15-10-16-20(21(19)23)24-25(17-11-6-4-7-12-17)18-13-8-5-9-14-18/h4-16H,23H2,1-3H3. The lowest BCUT2D eigenvalue weighted by Gasteiger charge is -2.25. The SMILES string of the molecule is CC(C)(C)c1cccc(OP(c2ccccc2)c2ccccc2)c1N. The van der Waals surface area contributed by atoms with Gasteiger partial charge in [-0.2, -0.15) is 0 Å². The van der Waals surface area contributed by atoms with Gasteiger partial charge in [0.1, 0.15) is 5.75 Å². The van der Waals surface area contributed by atoms with Gasteiger partial charge in [-0.25, -0.2) is 0 Å². The van der Waals surface area contributed by atoms with Crippen LogP contribution in [0.5, 0.6) is 5.75 Å². The number of hydrogen-bond donors (Lipinski definition) is 1. The van der Waals surface area contributed by atoms with Crippen LogP contribution in [0.25, 0.3) is 0 Å². The Labute approximate surface area is 151 Å². The second kappa shape index (κ2) is 7.29. The van der Waals surface area contributed by atoms with Crippen LogP contribution in [0.15, 0.2) is 78.9 Å². The summed E-state index contributed by atoms with van der Waals surface area (Å²) in [5.74, 6) is 0.756. The minimum absolute atomic E-state index is 0.0221. The molecule has 0 radical (unpaired) electrons. The Balaban J connectivity index is 2.03. The van der Waals surface area contributed by atoms with Crippen molar-refractivity contribution >= 4 is 24.4 Å². The molecule has 3 rings (SSSR count). The number of rotatable bonds is 4. The number of para-hydroxylation sites is 1. The number of hydrogen-bond acceptors (Lipinski definition) is 2. The first kappa shape index (κ1) is 17.5. The molecule has 0 unspecified atom stereocenters. The lowest BCUT2D eigenvalue weighted by atomic mass is 9.86. The van der Waals surface area contributed by atoms with E-state index in [9.17, 15) is 0 Å². The number of benzene rings is 3. The first-order chi connectivity index (χ1) is 12.0. The fourth-order valence-electron chi connectivity index (χ4n) is 2.76. The van der Waals surface area contributed by atoms with Gasteiger partial charge >= 0.3 is 0 Å². The second-order valence-corrected chi connectivity index (χ2v) is 8.83. The van der Waals surface area contributed by atoms with E-state index in [1.54, 1.807) is 0 Å². The molecule has 2 N–H and O–H groups in total. The smallest absolute Gasteiger partial charge is 0.150 e. The molecule has 0 spiro atoms. The van der Waals surface area contributed by atoms with E-state index in [4.69, 9.17) is 10.3 Å². The van der Waals surface area contributed by atoms with Gasteiger partial charge < -0.3 is 10.3 Å². The average molecular weight is 349 g/mol. The molecule has 128 valence electrons. The molecule has 3 heteroatoms. The maximum Gasteiger partial charge on any atom is 0.150 e. The number of nitrogen functional groups attached to an aromatic ring is 1. The molecule has 0 heterocycles. The van der Waals surface area contributed by atoms with Crippen molar-refractivity contribution in [3.8, 4) is 5.75 Å². The Bertz CT molecular complexity index is 786. The van der Waals surface area contributed by atoms with Crippen LogP contribution in [-0.4, -0.2) is 0 Å². The van der Waals surface area contributed by atoms with Crippen molar-refractivity contribution in [3.05, 3.63) is 84.4 Å². The molecular formula is C22H24NOP. The van der Waals surface area contributed by atoms with Crippen molar-refractivity contribution in [2.75, 3.05) is 5.73 Å². The quantitative estimate of drug-likeness (QED) is 0.532. The molecule has 0 fully saturated rings. The summed E-state index contributed by atoms with van der Waals surface area (Å²) in [6.45, 7) is 6.50. The topological polar surface area (TPSA) is 35.2 Å². The highest BCUT2D eigenvalue weighted by Crippen LogP contribution is 2.42. The van der Waals surface area contributed by atoms with Gasteiger partial charge in [0, 0.05) is 10.6 Å². The Morgan fingerprint density at radius 3 is 1.72 bits per heavy atom. The first-order valence-electron chi connectivity index (χ1n) is 8.44. The molecule has 0 bridgehead atoms. The van der Waals surface area contributed by atoms with Gasteiger partial charge in [-0.3, -0.25) is 0 Å². The zero-order chi connectivity index (χ0) is 17.9. The van der Waals surface area contributed by atoms with E-state index in [0.29, 0.717) is 0 Å². The van der Waals surface area contributed by atoms with Gasteiger partial charge in [0.15, 0.2) is 8.15 Å². The van der Waals surface area contributed by atoms with E-state index >= 15 is 0 Å². The molecule has 0 aliphatic carbocycles. The van der Waals surface area contributed by atoms with Crippen molar-refractivity contribution in [1.82, 2.24) is 0 Å². The maximum absolute atomic E-state index is 6.49. The fraction of sp³-hybridized carbons (Fsp3) is 0.182. The summed E-state index contributed by atoms with van der Waals surface area (Å²) < 4.78 is 6.49. The molecule has 0 saturated heterocycles. The van der Waals surface area contributed by atoms with Crippen LogP contribution in [-0.2, 0) is 5.41 Å². The largest absolute Gasteiger partial charge is 0.462 e. The summed E-state index contributed by atoms with van der Waals surface area (Å²) in [6, 6.07) is 26.8. The molecule has 0 aromatic heterocycles. The highest BCUT2D eigenvalue weighted by atomic mass is 31.1. The molecule has 0 saturated carbocycles. The van der Waals surface area contributed by atoms with E-state index in [-0.39, 0.29) is 5.41 Å². The molecule has 2 nitrogen and oxygen atoms in total. The third-order valence-corrected chi connectivity index (χ3v) is 5.96. The van der Waals surface area contributed by atoms with Gasteiger partial charge in [0.25, 0.3) is 0 Å². The molecule has 0 atom stereocenters. The third-order valence-electron chi connectivity index (χ3n) is 4.05. The second-order valence-electron chi connectivity index (χ2n) is 7.02. The number of anilines is 1. The van der Waals surface area contributed by atoms with Crippen LogP contribution < -0.4 is 20.9 Å². The van der Waals surface area contributed by atoms with Crippen LogP contribution >= 0.6 is 8.15 Å². The first-order valence-corrected chi connectivity index (χ1v) is 9.70. The van der Waals surface area contributed by atoms with Crippen LogP contribution in [0.1, 0.15) is 26.3 Å². The van der Waals surface area contributed by atoms with Crippen molar-refractivity contribution < 1.29 is 4.52 Å². The summed E-state index contributed by atoms with van der Waals surface area (Å²) in [5, 5.41) is 2.34. The van der Waals surface area contributed by atoms with Crippen molar-refractivity contribution in [2.45, 2.75) is 26.2 Å². The van der Waals surface area contributed by atoms with Crippen LogP contribution in [0.4, 0.5) is 5.69 Å². The van der Waals surface area contributed by atoms with Crippen molar-refractivity contribution in [3.63, 3.8) is 0 Å². The van der Waals surface area contributed by atoms with Crippen LogP contribution in [0, 0.1) is 0 Å². The van der Waals surface area contributed by atoms with E-state index in [1.807, 2.05) is 48.5 Å². The van der Waals surface area contributed by atoms with E-state index in [1.165, 1.54) is 10.6 Å². The monoisotopic (exact) mass is 349 g/mol. The molecule has 0 aliphatic heterocycles. The van der Waals surface area contributed by atoms with E-state index in [0.717, 1.165) is 17.0 Å². The Hall–Kier alpha value is -2.31. The van der Waals surface area contributed by atoms with Gasteiger partial charge in [0.2, 0.25) is 0 Å². The molecular weight excluding hydrogens is 325 g/mol. The lowest BCUT2D eigenvalue weighted by Crippen LogP contribution is -2.17. The molecule has 3 aromatic rings. The van der Waals surface area contributed by atoms with Crippen molar-refractivity contribution in [1.29, 1.82) is 0 Å². The van der Waals surface area contributed by atoms with Crippen LogP contribution in [0.2, 0.25) is 0 Å². The Morgan fingerprint density at radius 1 is 0.720 bits per heavy atom. The van der Waals surface area contributed by atoms with Gasteiger partial charge in [-0.15, -0.1) is 0 Å². The average Bonchev–Trinajstić information content (AvgIpc) is 2.61. The zero-order valence-corrected chi connectivity index (χ0v) is 15.8. The summed E-state index contributed by atoms with van der Waals surface area (Å²) in [7, 11) is -0.972. The third kappa shape index (κ3) is 4.03. The van der Waals surface area contributed by atoms with Gasteiger partial charge in [-0.1, -0.05) is 93.6 Å². The minimum atomic E-state index is -0.972. The van der Waals surface area contributed by atoms with Crippen molar-refractivity contribution in [2.24, 2.45) is 0 Å². The highest BCUT2D eigenvalue weighted by Gasteiger charge is 2.22. The minimum Gasteiger partial charge on any atom is -0.462 e. The van der Waals surface area contributed by atoms with E-state index < -0.39 is 8.15 Å². The molecule has 0 amide bonds. The normalized spacial score (nSPS) is 11.5. The highest BCUT2D eigenvalue weighted by molar-refractivity contribution is 7.68. The van der Waals surface area contributed by atoms with Gasteiger partial charge in [0.05, 0.1) is 5.69 Å². The molecule has 3 aromatic carbocycles. The Kier molecular flexibility index (Phi) is 5.11. The maximum atomic E-state index is 6.49. The summed E-state index contributed by atoms with van der Waals surface area (Å²) in [6.07, 6.45) is 0. The fourth-order valence-corrected chi connectivity index (χ4v) is 4.51. The summed E-state index contributed by atoms with van der Waals surface area (Å²) in [5.41, 5.74) is 8.28. The Morgan fingerprint density at radius 2 is 1.24 bits per heavy atom. The molecule has 25 heavy (non-hydrogen) atoms. The molecule has 0 aliphatic rings. The van der Waals surface area contributed by atoms with Crippen LogP contribution in [0.3, 0.4) is 0 Å². The van der Waals surface area contributed by atoms with E-state index in [2.05, 4.69) is 51.1 Å². The number of nitrogens with two attached hydrogens (primary N) is 1. The zero-order valence-electron chi connectivity index (χ0n) is 14.9. The summed E-state index contributed by atoms with van der Waals surface area (Å²) in [4.78, 5) is 0. The predicted octanol–water partition coefficient (Wildman–Crippen LogP) is 4.99.